The van der Waals surface area contributed by atoms with Crippen molar-refractivity contribution in [2.45, 2.75) is 16.6 Å². The molecule has 0 spiro atoms. The van der Waals surface area contributed by atoms with Crippen LogP contribution in [0.15, 0.2) is 54.7 Å². The third-order valence-corrected chi connectivity index (χ3v) is 6.57. The lowest BCUT2D eigenvalue weighted by atomic mass is 10.1. The predicted molar refractivity (Wildman–Crippen MR) is 114 cm³/mol. The zero-order valence-corrected chi connectivity index (χ0v) is 17.6. The number of nitrogens with zero attached hydrogens (tertiary/aromatic N) is 3. The Morgan fingerprint density at radius 2 is 1.93 bits per heavy atom. The molecule has 2 unspecified atom stereocenters. The molecule has 0 radical (unpaired) electrons. The minimum atomic E-state index is -3.49. The third kappa shape index (κ3) is 4.07. The molecule has 0 amide bonds. The third-order valence-electron chi connectivity index (χ3n) is 4.50. The van der Waals surface area contributed by atoms with Crippen LogP contribution in [0, 0.1) is 0 Å². The zero-order chi connectivity index (χ0) is 19.0. The van der Waals surface area contributed by atoms with E-state index in [1.807, 2.05) is 23.1 Å². The van der Waals surface area contributed by atoms with Gasteiger partial charge >= 0.3 is 0 Å². The van der Waals surface area contributed by atoms with Gasteiger partial charge in [-0.25, -0.2) is 9.97 Å². The summed E-state index contributed by atoms with van der Waals surface area (Å²) in [5.41, 5.74) is 1.85. The SMILES string of the molecule is CS(=O)(=O)OC1CCN(c2nccc(-c3ccc4ccccc4c3)n2)C1I. The largest absolute Gasteiger partial charge is 0.326 e. The molecule has 0 bridgehead atoms. The van der Waals surface area contributed by atoms with E-state index in [1.165, 1.54) is 5.39 Å². The predicted octanol–water partition coefficient (Wildman–Crippen LogP) is 3.61. The second-order valence-electron chi connectivity index (χ2n) is 6.50. The van der Waals surface area contributed by atoms with Gasteiger partial charge in [0.05, 0.1) is 11.9 Å². The number of benzene rings is 2. The molecule has 1 aliphatic rings. The van der Waals surface area contributed by atoms with E-state index in [9.17, 15) is 8.42 Å². The molecule has 1 fully saturated rings. The van der Waals surface area contributed by atoms with Crippen molar-refractivity contribution in [2.24, 2.45) is 0 Å². The summed E-state index contributed by atoms with van der Waals surface area (Å²) in [4.78, 5) is 11.1. The number of fused-ring (bicyclic) bond motifs is 1. The van der Waals surface area contributed by atoms with E-state index in [0.29, 0.717) is 18.9 Å². The summed E-state index contributed by atoms with van der Waals surface area (Å²) in [6.45, 7) is 0.648. The van der Waals surface area contributed by atoms with Crippen molar-refractivity contribution in [3.05, 3.63) is 54.7 Å². The fraction of sp³-hybridized carbons (Fsp3) is 0.263. The summed E-state index contributed by atoms with van der Waals surface area (Å²) in [6, 6.07) is 16.3. The Morgan fingerprint density at radius 1 is 1.15 bits per heavy atom. The maximum Gasteiger partial charge on any atom is 0.264 e. The first-order chi connectivity index (χ1) is 12.9. The van der Waals surface area contributed by atoms with Gasteiger partial charge in [0.2, 0.25) is 5.95 Å². The Morgan fingerprint density at radius 3 is 2.70 bits per heavy atom. The summed E-state index contributed by atoms with van der Waals surface area (Å²) in [5, 5.41) is 2.34. The first-order valence-corrected chi connectivity index (χ1v) is 11.6. The second kappa shape index (κ2) is 7.33. The number of hydrogen-bond acceptors (Lipinski definition) is 6. The highest BCUT2D eigenvalue weighted by molar-refractivity contribution is 14.1. The van der Waals surface area contributed by atoms with E-state index < -0.39 is 16.2 Å². The molecular formula is C19H18IN3O3S. The fourth-order valence-electron chi connectivity index (χ4n) is 3.25. The molecule has 0 aliphatic carbocycles. The molecule has 0 N–H and O–H groups in total. The minimum absolute atomic E-state index is 0.149. The molecule has 6 nitrogen and oxygen atoms in total. The Bertz CT molecular complexity index is 1090. The lowest BCUT2D eigenvalue weighted by Gasteiger charge is -2.22. The number of alkyl halides is 1. The van der Waals surface area contributed by atoms with Gasteiger partial charge in [0.25, 0.3) is 10.1 Å². The van der Waals surface area contributed by atoms with E-state index in [-0.39, 0.29) is 4.05 Å². The molecular weight excluding hydrogens is 477 g/mol. The number of aromatic nitrogens is 2. The van der Waals surface area contributed by atoms with Crippen molar-refractivity contribution in [3.8, 4) is 11.3 Å². The number of hydrogen-bond donors (Lipinski definition) is 0. The Hall–Kier alpha value is -1.78. The van der Waals surface area contributed by atoms with E-state index in [2.05, 4.69) is 57.9 Å². The molecule has 0 saturated carbocycles. The quantitative estimate of drug-likeness (QED) is 0.238. The van der Waals surface area contributed by atoms with Gasteiger partial charge in [0, 0.05) is 18.3 Å². The van der Waals surface area contributed by atoms with Crippen LogP contribution < -0.4 is 4.90 Å². The Kier molecular flexibility index (Phi) is 5.04. The molecule has 8 heteroatoms. The number of anilines is 1. The van der Waals surface area contributed by atoms with E-state index in [4.69, 9.17) is 9.17 Å². The van der Waals surface area contributed by atoms with Crippen LogP contribution in [0.3, 0.4) is 0 Å². The van der Waals surface area contributed by atoms with Crippen molar-refractivity contribution in [2.75, 3.05) is 17.7 Å². The molecule has 2 aromatic carbocycles. The van der Waals surface area contributed by atoms with Crippen LogP contribution in [0.1, 0.15) is 6.42 Å². The highest BCUT2D eigenvalue weighted by Gasteiger charge is 2.36. The molecule has 2 atom stereocenters. The monoisotopic (exact) mass is 495 g/mol. The second-order valence-corrected chi connectivity index (χ2v) is 9.37. The molecule has 4 rings (SSSR count). The molecule has 1 saturated heterocycles. The van der Waals surface area contributed by atoms with Crippen molar-refractivity contribution >= 4 is 49.4 Å². The summed E-state index contributed by atoms with van der Waals surface area (Å²) < 4.78 is 27.9. The van der Waals surface area contributed by atoms with Crippen LogP contribution in [0.5, 0.6) is 0 Å². The maximum absolute atomic E-state index is 11.4. The lowest BCUT2D eigenvalue weighted by Crippen LogP contribution is -2.33. The van der Waals surface area contributed by atoms with Gasteiger partial charge in [-0.3, -0.25) is 4.18 Å². The molecule has 3 aromatic rings. The van der Waals surface area contributed by atoms with E-state index in [1.54, 1.807) is 6.20 Å². The summed E-state index contributed by atoms with van der Waals surface area (Å²) in [6.07, 6.45) is 3.04. The van der Waals surface area contributed by atoms with Gasteiger partial charge in [0.15, 0.2) is 0 Å². The Labute approximate surface area is 171 Å². The lowest BCUT2D eigenvalue weighted by molar-refractivity contribution is 0.229. The highest BCUT2D eigenvalue weighted by atomic mass is 127. The van der Waals surface area contributed by atoms with Gasteiger partial charge in [-0.05, 0) is 29.3 Å². The summed E-state index contributed by atoms with van der Waals surface area (Å²) in [5.74, 6) is 0.583. The van der Waals surface area contributed by atoms with Gasteiger partial charge < -0.3 is 4.90 Å². The maximum atomic E-state index is 11.4. The van der Waals surface area contributed by atoms with Crippen molar-refractivity contribution < 1.29 is 12.6 Å². The molecule has 1 aliphatic heterocycles. The topological polar surface area (TPSA) is 72.4 Å². The van der Waals surface area contributed by atoms with Crippen molar-refractivity contribution in [1.29, 1.82) is 0 Å². The summed E-state index contributed by atoms with van der Waals surface area (Å²) >= 11 is 2.19. The number of halogens is 1. The average Bonchev–Trinajstić information content (AvgIpc) is 3.00. The summed E-state index contributed by atoms with van der Waals surface area (Å²) in [7, 11) is -3.49. The van der Waals surface area contributed by atoms with Crippen LogP contribution in [0.25, 0.3) is 22.0 Å². The van der Waals surface area contributed by atoms with Crippen molar-refractivity contribution in [3.63, 3.8) is 0 Å². The molecule has 140 valence electrons. The molecule has 2 heterocycles. The van der Waals surface area contributed by atoms with E-state index in [0.717, 1.165) is 22.9 Å². The zero-order valence-electron chi connectivity index (χ0n) is 14.6. The fourth-order valence-corrected chi connectivity index (χ4v) is 5.14. The van der Waals surface area contributed by atoms with Crippen LogP contribution in [-0.2, 0) is 14.3 Å². The smallest absolute Gasteiger partial charge is 0.264 e. The Balaban J connectivity index is 1.62. The average molecular weight is 495 g/mol. The van der Waals surface area contributed by atoms with Crippen LogP contribution >= 0.6 is 22.6 Å². The van der Waals surface area contributed by atoms with Crippen LogP contribution in [-0.4, -0.2) is 41.3 Å². The molecule has 27 heavy (non-hydrogen) atoms. The van der Waals surface area contributed by atoms with Gasteiger partial charge in [-0.15, -0.1) is 0 Å². The standard InChI is InChI=1S/C19H18IN3O3S/c1-27(24,25)26-17-9-11-23(18(17)20)19-21-10-8-16(22-19)15-7-6-13-4-2-3-5-14(13)12-15/h2-8,10,12,17-18H,9,11H2,1H3. The molecule has 1 aromatic heterocycles. The van der Waals surface area contributed by atoms with Crippen LogP contribution in [0.2, 0.25) is 0 Å². The van der Waals surface area contributed by atoms with Gasteiger partial charge in [0.1, 0.15) is 10.2 Å². The van der Waals surface area contributed by atoms with Crippen molar-refractivity contribution in [1.82, 2.24) is 9.97 Å². The van der Waals surface area contributed by atoms with E-state index >= 15 is 0 Å². The van der Waals surface area contributed by atoms with Gasteiger partial charge in [-0.1, -0.05) is 59.0 Å². The highest BCUT2D eigenvalue weighted by Crippen LogP contribution is 2.31. The number of rotatable bonds is 4. The van der Waals surface area contributed by atoms with Crippen LogP contribution in [0.4, 0.5) is 5.95 Å². The minimum Gasteiger partial charge on any atom is -0.326 e. The normalized spacial score (nSPS) is 20.3. The van der Waals surface area contributed by atoms with Gasteiger partial charge in [-0.2, -0.15) is 8.42 Å². The first kappa shape index (κ1) is 18.6. The first-order valence-electron chi connectivity index (χ1n) is 8.52.